The van der Waals surface area contributed by atoms with Gasteiger partial charge in [-0.15, -0.1) is 0 Å². The van der Waals surface area contributed by atoms with Crippen molar-refractivity contribution in [3.05, 3.63) is 0 Å². The van der Waals surface area contributed by atoms with Gasteiger partial charge in [0, 0.05) is 0 Å². The van der Waals surface area contributed by atoms with Crippen LogP contribution in [0.5, 0.6) is 0 Å². The molecule has 2 fully saturated rings. The molecule has 0 aromatic rings. The molecule has 0 aromatic carbocycles. The molecule has 0 radical (unpaired) electrons. The number of carboxylic acids is 1. The van der Waals surface area contributed by atoms with Crippen LogP contribution in [0.2, 0.25) is 0 Å². The molecule has 4 unspecified atom stereocenters. The molecule has 1 heterocycles. The number of carbonyl (C=O) groups is 1. The lowest BCUT2D eigenvalue weighted by molar-refractivity contribution is -0.142. The second kappa shape index (κ2) is 3.29. The highest BCUT2D eigenvalue weighted by molar-refractivity contribution is 5.74. The molecule has 0 aromatic heterocycles. The van der Waals surface area contributed by atoms with E-state index in [4.69, 9.17) is 5.11 Å². The van der Waals surface area contributed by atoms with Gasteiger partial charge in [-0.25, -0.2) is 0 Å². The Bertz CT molecular complexity index is 217. The van der Waals surface area contributed by atoms with E-state index in [1.165, 1.54) is 12.8 Å². The summed E-state index contributed by atoms with van der Waals surface area (Å²) in [6.07, 6.45) is 3.54. The van der Waals surface area contributed by atoms with Gasteiger partial charge in [-0.1, -0.05) is 13.3 Å². The molecule has 0 bridgehead atoms. The zero-order chi connectivity index (χ0) is 9.42. The summed E-state index contributed by atoms with van der Waals surface area (Å²) >= 11 is 0. The molecule has 3 nitrogen and oxygen atoms in total. The third-order valence-electron chi connectivity index (χ3n) is 3.71. The van der Waals surface area contributed by atoms with Gasteiger partial charge in [0.25, 0.3) is 0 Å². The van der Waals surface area contributed by atoms with E-state index in [9.17, 15) is 4.79 Å². The van der Waals surface area contributed by atoms with Crippen LogP contribution in [-0.2, 0) is 4.79 Å². The number of hydrogen-bond acceptors (Lipinski definition) is 2. The average molecular weight is 183 g/mol. The van der Waals surface area contributed by atoms with Crippen LogP contribution in [0.4, 0.5) is 0 Å². The van der Waals surface area contributed by atoms with Crippen molar-refractivity contribution < 1.29 is 9.90 Å². The summed E-state index contributed by atoms with van der Waals surface area (Å²) in [6.45, 7) is 3.10. The monoisotopic (exact) mass is 183 g/mol. The lowest BCUT2D eigenvalue weighted by Gasteiger charge is -2.36. The van der Waals surface area contributed by atoms with Crippen LogP contribution in [-0.4, -0.2) is 23.7 Å². The van der Waals surface area contributed by atoms with Gasteiger partial charge in [-0.2, -0.15) is 0 Å². The molecule has 1 saturated carbocycles. The number of rotatable bonds is 1. The number of nitrogens with one attached hydrogen (secondary N) is 1. The van der Waals surface area contributed by atoms with Gasteiger partial charge in [0.15, 0.2) is 0 Å². The molecule has 2 rings (SSSR count). The van der Waals surface area contributed by atoms with Crippen LogP contribution in [0.25, 0.3) is 0 Å². The standard InChI is InChI=1S/C10H17NO2/c1-6-5-11-9(10(12)13)8-4-2-3-7(6)8/h6-9,11H,2-5H2,1H3,(H,12,13). The second-order valence-corrected chi connectivity index (χ2v) is 4.46. The molecule has 13 heavy (non-hydrogen) atoms. The molecule has 1 aliphatic heterocycles. The van der Waals surface area contributed by atoms with Crippen LogP contribution in [0.15, 0.2) is 0 Å². The molecule has 0 amide bonds. The van der Waals surface area contributed by atoms with Gasteiger partial charge in [-0.3, -0.25) is 4.79 Å². The Hall–Kier alpha value is -0.570. The van der Waals surface area contributed by atoms with Crippen molar-refractivity contribution in [1.82, 2.24) is 5.32 Å². The lowest BCUT2D eigenvalue weighted by Crippen LogP contribution is -2.52. The Kier molecular flexibility index (Phi) is 2.28. The maximum atomic E-state index is 10.9. The average Bonchev–Trinajstić information content (AvgIpc) is 2.53. The van der Waals surface area contributed by atoms with E-state index < -0.39 is 5.97 Å². The number of hydrogen-bond donors (Lipinski definition) is 2. The van der Waals surface area contributed by atoms with Crippen molar-refractivity contribution in [2.75, 3.05) is 6.54 Å². The van der Waals surface area contributed by atoms with Crippen LogP contribution in [0, 0.1) is 17.8 Å². The zero-order valence-electron chi connectivity index (χ0n) is 7.99. The molecule has 1 saturated heterocycles. The predicted octanol–water partition coefficient (Wildman–Crippen LogP) is 1.10. The SMILES string of the molecule is CC1CNC(C(=O)O)C2CCCC12. The Morgan fingerprint density at radius 3 is 2.77 bits per heavy atom. The van der Waals surface area contributed by atoms with Crippen LogP contribution >= 0.6 is 0 Å². The fourth-order valence-electron chi connectivity index (χ4n) is 3.02. The molecule has 2 N–H and O–H groups in total. The van der Waals surface area contributed by atoms with Crippen molar-refractivity contribution in [2.45, 2.75) is 32.2 Å². The first kappa shape index (κ1) is 9.00. The van der Waals surface area contributed by atoms with Gasteiger partial charge in [0.1, 0.15) is 6.04 Å². The van der Waals surface area contributed by atoms with Crippen LogP contribution in [0.1, 0.15) is 26.2 Å². The van der Waals surface area contributed by atoms with Crippen molar-refractivity contribution in [2.24, 2.45) is 17.8 Å². The first-order valence-electron chi connectivity index (χ1n) is 5.16. The lowest BCUT2D eigenvalue weighted by atomic mass is 9.77. The van der Waals surface area contributed by atoms with Crippen molar-refractivity contribution in [1.29, 1.82) is 0 Å². The molecule has 74 valence electrons. The topological polar surface area (TPSA) is 49.3 Å². The smallest absolute Gasteiger partial charge is 0.320 e. The first-order chi connectivity index (χ1) is 6.20. The summed E-state index contributed by atoms with van der Waals surface area (Å²) in [5.41, 5.74) is 0. The van der Waals surface area contributed by atoms with Gasteiger partial charge in [0.05, 0.1) is 0 Å². The number of piperidine rings is 1. The molecule has 2 aliphatic rings. The summed E-state index contributed by atoms with van der Waals surface area (Å²) in [5.74, 6) is 1.04. The van der Waals surface area contributed by atoms with Gasteiger partial charge in [0.2, 0.25) is 0 Å². The second-order valence-electron chi connectivity index (χ2n) is 4.46. The van der Waals surface area contributed by atoms with E-state index in [0.717, 1.165) is 13.0 Å². The maximum absolute atomic E-state index is 10.9. The van der Waals surface area contributed by atoms with E-state index in [2.05, 4.69) is 12.2 Å². The van der Waals surface area contributed by atoms with Crippen molar-refractivity contribution >= 4 is 5.97 Å². The highest BCUT2D eigenvalue weighted by atomic mass is 16.4. The zero-order valence-corrected chi connectivity index (χ0v) is 7.99. The highest BCUT2D eigenvalue weighted by Gasteiger charge is 2.43. The minimum Gasteiger partial charge on any atom is -0.480 e. The minimum atomic E-state index is -0.663. The van der Waals surface area contributed by atoms with Crippen molar-refractivity contribution in [3.63, 3.8) is 0 Å². The maximum Gasteiger partial charge on any atom is 0.320 e. The molecule has 0 spiro atoms. The Balaban J connectivity index is 2.12. The van der Waals surface area contributed by atoms with Gasteiger partial charge >= 0.3 is 5.97 Å². The molecule has 3 heteroatoms. The van der Waals surface area contributed by atoms with Crippen LogP contribution in [0.3, 0.4) is 0 Å². The molecular formula is C10H17NO2. The van der Waals surface area contributed by atoms with E-state index in [0.29, 0.717) is 17.8 Å². The number of aliphatic carboxylic acids is 1. The summed E-state index contributed by atoms with van der Waals surface area (Å²) in [5, 5.41) is 12.1. The minimum absolute atomic E-state index is 0.274. The Morgan fingerprint density at radius 1 is 1.38 bits per heavy atom. The van der Waals surface area contributed by atoms with E-state index >= 15 is 0 Å². The largest absolute Gasteiger partial charge is 0.480 e. The van der Waals surface area contributed by atoms with E-state index in [1.807, 2.05) is 0 Å². The number of carboxylic acid groups (broad SMARTS) is 1. The summed E-state index contributed by atoms with van der Waals surface area (Å²) < 4.78 is 0. The van der Waals surface area contributed by atoms with Crippen molar-refractivity contribution in [3.8, 4) is 0 Å². The third kappa shape index (κ3) is 1.46. The Morgan fingerprint density at radius 2 is 2.08 bits per heavy atom. The fraction of sp³-hybridized carbons (Fsp3) is 0.900. The normalized spacial score (nSPS) is 44.4. The molecular weight excluding hydrogens is 166 g/mol. The molecule has 4 atom stereocenters. The summed E-state index contributed by atoms with van der Waals surface area (Å²) in [6, 6.07) is -0.274. The first-order valence-corrected chi connectivity index (χ1v) is 5.16. The van der Waals surface area contributed by atoms with E-state index in [-0.39, 0.29) is 6.04 Å². The van der Waals surface area contributed by atoms with Crippen LogP contribution < -0.4 is 5.32 Å². The van der Waals surface area contributed by atoms with Gasteiger partial charge in [-0.05, 0) is 37.1 Å². The fourth-order valence-corrected chi connectivity index (χ4v) is 3.02. The predicted molar refractivity (Wildman–Crippen MR) is 49.4 cm³/mol. The third-order valence-corrected chi connectivity index (χ3v) is 3.71. The van der Waals surface area contributed by atoms with E-state index in [1.54, 1.807) is 0 Å². The van der Waals surface area contributed by atoms with Gasteiger partial charge < -0.3 is 10.4 Å². The molecule has 1 aliphatic carbocycles. The summed E-state index contributed by atoms with van der Waals surface area (Å²) in [4.78, 5) is 10.9. The quantitative estimate of drug-likeness (QED) is 0.640. The number of fused-ring (bicyclic) bond motifs is 1. The summed E-state index contributed by atoms with van der Waals surface area (Å²) in [7, 11) is 0. The Labute approximate surface area is 78.5 Å². The highest BCUT2D eigenvalue weighted by Crippen LogP contribution is 2.41.